The first kappa shape index (κ1) is 22.1. The standard InChI is InChI=1S/C26H26ClNO5/c1-4-13-8-12(3)9-14(5-2)20(13)22-24(29)21-19-11-17(26(33-19)23(21)25(22)30)16-7-6-15(28(31)32)10-18(16)27/h6-10,17,19,21,23,26,30H,4-5,11H2,1-3H3/t17-,19-,21-,23+,26+/m0/s1. The summed E-state index contributed by atoms with van der Waals surface area (Å²) in [7, 11) is 0. The number of hydrogen-bond acceptors (Lipinski definition) is 5. The Balaban J connectivity index is 1.57. The van der Waals surface area contributed by atoms with Gasteiger partial charge in [0.25, 0.3) is 5.69 Å². The molecule has 0 saturated carbocycles. The van der Waals surface area contributed by atoms with Crippen LogP contribution in [0.3, 0.4) is 0 Å². The number of ketones is 1. The van der Waals surface area contributed by atoms with Crippen molar-refractivity contribution in [2.45, 2.75) is 58.2 Å². The molecular formula is C26H26ClNO5. The molecule has 0 unspecified atom stereocenters. The Morgan fingerprint density at radius 2 is 1.82 bits per heavy atom. The van der Waals surface area contributed by atoms with Crippen LogP contribution in [0.15, 0.2) is 36.1 Å². The molecule has 172 valence electrons. The summed E-state index contributed by atoms with van der Waals surface area (Å²) in [5.41, 5.74) is 5.33. The number of ether oxygens (including phenoxy) is 1. The zero-order valence-corrected chi connectivity index (χ0v) is 19.6. The smallest absolute Gasteiger partial charge is 0.270 e. The Kier molecular flexibility index (Phi) is 5.33. The SMILES string of the molecule is CCc1cc(C)cc(CC)c1C1=C(O)[C@@H]2[C@@H]3O[C@@H](C[C@H]3c3ccc([N+](=O)[O-])cc3Cl)[C@@H]2C1=O. The molecular weight excluding hydrogens is 442 g/mol. The third-order valence-electron chi connectivity index (χ3n) is 7.53. The molecule has 5 atom stereocenters. The number of halogens is 1. The van der Waals surface area contributed by atoms with Gasteiger partial charge in [0.15, 0.2) is 5.78 Å². The third kappa shape index (κ3) is 3.22. The zero-order chi connectivity index (χ0) is 23.6. The summed E-state index contributed by atoms with van der Waals surface area (Å²) >= 11 is 6.42. The van der Waals surface area contributed by atoms with Crippen molar-refractivity contribution in [2.75, 3.05) is 0 Å². The van der Waals surface area contributed by atoms with E-state index in [-0.39, 0.29) is 35.4 Å². The van der Waals surface area contributed by atoms with E-state index in [1.165, 1.54) is 12.1 Å². The maximum Gasteiger partial charge on any atom is 0.270 e. The van der Waals surface area contributed by atoms with Gasteiger partial charge in [-0.3, -0.25) is 14.9 Å². The van der Waals surface area contributed by atoms with E-state index in [1.54, 1.807) is 6.07 Å². The highest BCUT2D eigenvalue weighted by Gasteiger charge is 2.63. The number of carbonyl (C=O) groups excluding carboxylic acids is 1. The van der Waals surface area contributed by atoms with Gasteiger partial charge in [0.05, 0.1) is 39.6 Å². The number of fused-ring (bicyclic) bond motifs is 5. The highest BCUT2D eigenvalue weighted by molar-refractivity contribution is 6.31. The second kappa shape index (κ2) is 7.96. The number of nitrogens with zero attached hydrogens (tertiary/aromatic N) is 1. The number of aryl methyl sites for hydroxylation is 3. The van der Waals surface area contributed by atoms with Crippen molar-refractivity contribution in [2.24, 2.45) is 11.8 Å². The first-order valence-electron chi connectivity index (χ1n) is 11.5. The number of nitro groups is 1. The van der Waals surface area contributed by atoms with Crippen molar-refractivity contribution in [3.8, 4) is 0 Å². The van der Waals surface area contributed by atoms with Crippen molar-refractivity contribution >= 4 is 28.6 Å². The van der Waals surface area contributed by atoms with Crippen molar-refractivity contribution in [1.82, 2.24) is 0 Å². The Morgan fingerprint density at radius 3 is 2.39 bits per heavy atom. The number of aliphatic hydroxyl groups excluding tert-OH is 1. The van der Waals surface area contributed by atoms with E-state index >= 15 is 0 Å². The number of Topliss-reactive ketones (excluding diaryl/α,β-unsaturated/α-hetero) is 1. The van der Waals surface area contributed by atoms with E-state index in [0.29, 0.717) is 17.0 Å². The third-order valence-corrected chi connectivity index (χ3v) is 7.86. The molecule has 0 radical (unpaired) electrons. The lowest BCUT2D eigenvalue weighted by Crippen LogP contribution is -2.33. The van der Waals surface area contributed by atoms with E-state index in [2.05, 4.69) is 26.0 Å². The molecule has 7 heteroatoms. The molecule has 3 aliphatic rings. The molecule has 33 heavy (non-hydrogen) atoms. The number of hydrogen-bond donors (Lipinski definition) is 1. The lowest BCUT2D eigenvalue weighted by atomic mass is 9.72. The van der Waals surface area contributed by atoms with Crippen molar-refractivity contribution in [3.63, 3.8) is 0 Å². The molecule has 2 fully saturated rings. The van der Waals surface area contributed by atoms with Crippen LogP contribution in [-0.4, -0.2) is 28.0 Å². The van der Waals surface area contributed by atoms with Crippen LogP contribution < -0.4 is 0 Å². The van der Waals surface area contributed by atoms with Gasteiger partial charge >= 0.3 is 0 Å². The predicted octanol–water partition coefficient (Wildman–Crippen LogP) is 5.72. The summed E-state index contributed by atoms with van der Waals surface area (Å²) in [5, 5.41) is 22.8. The summed E-state index contributed by atoms with van der Waals surface area (Å²) in [6.07, 6.45) is 1.46. The Hall–Kier alpha value is -2.70. The van der Waals surface area contributed by atoms with E-state index in [4.69, 9.17) is 16.3 Å². The Morgan fingerprint density at radius 1 is 1.15 bits per heavy atom. The molecule has 5 rings (SSSR count). The Bertz CT molecular complexity index is 1190. The summed E-state index contributed by atoms with van der Waals surface area (Å²) in [6.45, 7) is 6.18. The summed E-state index contributed by atoms with van der Waals surface area (Å²) in [6, 6.07) is 8.67. The second-order valence-electron chi connectivity index (χ2n) is 9.29. The molecule has 2 aromatic carbocycles. The molecule has 0 amide bonds. The molecule has 2 saturated heterocycles. The van der Waals surface area contributed by atoms with Crippen molar-refractivity contribution in [1.29, 1.82) is 0 Å². The predicted molar refractivity (Wildman–Crippen MR) is 126 cm³/mol. The lowest BCUT2D eigenvalue weighted by Gasteiger charge is -2.28. The van der Waals surface area contributed by atoms with Gasteiger partial charge in [-0.25, -0.2) is 0 Å². The average Bonchev–Trinajstić information content (AvgIpc) is 3.44. The quantitative estimate of drug-likeness (QED) is 0.448. The van der Waals surface area contributed by atoms with E-state index in [1.807, 2.05) is 6.92 Å². The number of non-ortho nitro benzene ring substituents is 1. The van der Waals surface area contributed by atoms with Crippen LogP contribution in [0.25, 0.3) is 5.57 Å². The molecule has 1 aliphatic carbocycles. The van der Waals surface area contributed by atoms with Crippen LogP contribution in [0.4, 0.5) is 5.69 Å². The number of aliphatic hydroxyl groups is 1. The maximum absolute atomic E-state index is 13.6. The van der Waals surface area contributed by atoms with Crippen LogP contribution in [0.5, 0.6) is 0 Å². The van der Waals surface area contributed by atoms with Crippen molar-refractivity contribution < 1.29 is 19.6 Å². The molecule has 6 nitrogen and oxygen atoms in total. The van der Waals surface area contributed by atoms with E-state index in [0.717, 1.165) is 40.7 Å². The van der Waals surface area contributed by atoms with E-state index < -0.39 is 16.8 Å². The normalized spacial score (nSPS) is 28.0. The minimum absolute atomic E-state index is 0.0356. The van der Waals surface area contributed by atoms with Gasteiger partial charge in [-0.15, -0.1) is 0 Å². The topological polar surface area (TPSA) is 89.7 Å². The first-order valence-corrected chi connectivity index (χ1v) is 11.8. The molecule has 2 aliphatic heterocycles. The number of allylic oxidation sites excluding steroid dienone is 1. The number of nitro benzene ring substituents is 1. The van der Waals surface area contributed by atoms with Gasteiger partial charge in [0.2, 0.25) is 0 Å². The van der Waals surface area contributed by atoms with Gasteiger partial charge in [-0.05, 0) is 48.4 Å². The summed E-state index contributed by atoms with van der Waals surface area (Å²) in [5.74, 6) is -0.861. The molecule has 2 heterocycles. The van der Waals surface area contributed by atoms with Gasteiger partial charge < -0.3 is 9.84 Å². The van der Waals surface area contributed by atoms with Crippen LogP contribution in [0.1, 0.15) is 54.0 Å². The van der Waals surface area contributed by atoms with Crippen LogP contribution in [0.2, 0.25) is 5.02 Å². The number of carbonyl (C=O) groups is 1. The van der Waals surface area contributed by atoms with E-state index in [9.17, 15) is 20.0 Å². The molecule has 0 spiro atoms. The highest BCUT2D eigenvalue weighted by Crippen LogP contribution is 2.59. The maximum atomic E-state index is 13.6. The molecule has 1 N–H and O–H groups in total. The highest BCUT2D eigenvalue weighted by atomic mass is 35.5. The monoisotopic (exact) mass is 467 g/mol. The van der Waals surface area contributed by atoms with Crippen LogP contribution in [0, 0.1) is 28.9 Å². The fraction of sp³-hybridized carbons (Fsp3) is 0.423. The van der Waals surface area contributed by atoms with Gasteiger partial charge in [-0.2, -0.15) is 0 Å². The fourth-order valence-electron chi connectivity index (χ4n) is 6.16. The minimum Gasteiger partial charge on any atom is -0.511 e. The van der Waals surface area contributed by atoms with Gasteiger partial charge in [0, 0.05) is 18.1 Å². The Labute approximate surface area is 197 Å². The number of benzene rings is 2. The van der Waals surface area contributed by atoms with Crippen LogP contribution >= 0.6 is 11.6 Å². The van der Waals surface area contributed by atoms with Gasteiger partial charge in [-0.1, -0.05) is 49.2 Å². The minimum atomic E-state index is -0.475. The second-order valence-corrected chi connectivity index (χ2v) is 9.69. The summed E-state index contributed by atoms with van der Waals surface area (Å²) in [4.78, 5) is 24.2. The number of rotatable bonds is 5. The molecule has 2 bridgehead atoms. The average molecular weight is 468 g/mol. The molecule has 0 aromatic heterocycles. The van der Waals surface area contributed by atoms with Crippen LogP contribution in [-0.2, 0) is 22.4 Å². The van der Waals surface area contributed by atoms with Gasteiger partial charge in [0.1, 0.15) is 5.76 Å². The largest absolute Gasteiger partial charge is 0.511 e. The van der Waals surface area contributed by atoms with Crippen molar-refractivity contribution in [3.05, 3.63) is 79.0 Å². The molecule has 2 aromatic rings. The summed E-state index contributed by atoms with van der Waals surface area (Å²) < 4.78 is 6.19. The fourth-order valence-corrected chi connectivity index (χ4v) is 6.48. The lowest BCUT2D eigenvalue weighted by molar-refractivity contribution is -0.384. The zero-order valence-electron chi connectivity index (χ0n) is 18.8. The first-order chi connectivity index (χ1) is 15.8.